The summed E-state index contributed by atoms with van der Waals surface area (Å²) in [7, 11) is 0. The predicted molar refractivity (Wildman–Crippen MR) is 110 cm³/mol. The Balaban J connectivity index is 1.37. The van der Waals surface area contributed by atoms with Gasteiger partial charge in [-0.05, 0) is 37.0 Å². The Labute approximate surface area is 190 Å². The fourth-order valence-corrected chi connectivity index (χ4v) is 4.24. The fraction of sp³-hybridized carbons (Fsp3) is 0.500. The topological polar surface area (TPSA) is 133 Å². The summed E-state index contributed by atoms with van der Waals surface area (Å²) in [6.07, 6.45) is -0.311. The molecule has 3 aliphatic heterocycles. The molecule has 0 radical (unpaired) electrons. The lowest BCUT2D eigenvalue weighted by atomic mass is 9.87. The van der Waals surface area contributed by atoms with Gasteiger partial charge in [0.15, 0.2) is 0 Å². The first kappa shape index (κ1) is 21.5. The van der Waals surface area contributed by atoms with E-state index in [1.165, 1.54) is 12.1 Å². The van der Waals surface area contributed by atoms with Crippen LogP contribution in [0.25, 0.3) is 0 Å². The molecule has 0 saturated carbocycles. The Kier molecular flexibility index (Phi) is 5.79. The highest BCUT2D eigenvalue weighted by Crippen LogP contribution is 2.33. The zero-order valence-corrected chi connectivity index (χ0v) is 17.8. The van der Waals surface area contributed by atoms with Crippen LogP contribution in [-0.2, 0) is 28.8 Å². The van der Waals surface area contributed by atoms with Gasteiger partial charge < -0.3 is 14.8 Å². The number of hydroxylamine groups is 2. The van der Waals surface area contributed by atoms with Crippen molar-refractivity contribution in [3.05, 3.63) is 29.6 Å². The second kappa shape index (κ2) is 8.89. The van der Waals surface area contributed by atoms with Gasteiger partial charge >= 0.3 is 5.97 Å². The van der Waals surface area contributed by atoms with Gasteiger partial charge in [0.2, 0.25) is 11.8 Å². The van der Waals surface area contributed by atoms with Gasteiger partial charge in [0, 0.05) is 33.7 Å². The van der Waals surface area contributed by atoms with Crippen LogP contribution in [0.3, 0.4) is 0 Å². The van der Waals surface area contributed by atoms with Crippen molar-refractivity contribution < 1.29 is 39.7 Å². The quantitative estimate of drug-likeness (QED) is 0.610. The molecule has 33 heavy (non-hydrogen) atoms. The molecule has 1 atom stereocenters. The first-order valence-electron chi connectivity index (χ1n) is 11.2. The summed E-state index contributed by atoms with van der Waals surface area (Å²) in [6, 6.07) is 4.04. The van der Waals surface area contributed by atoms with E-state index in [4.69, 9.17) is 6.21 Å². The number of hydrogen-bond donors (Lipinski definition) is 2. The number of anilines is 1. The molecule has 3 fully saturated rings. The summed E-state index contributed by atoms with van der Waals surface area (Å²) < 4.78 is 23.4. The zero-order valence-electron chi connectivity index (χ0n) is 18.8. The number of rotatable bonds is 5. The van der Waals surface area contributed by atoms with Crippen molar-refractivity contribution in [3.63, 3.8) is 0 Å². The molecule has 3 aliphatic rings. The fourth-order valence-electron chi connectivity index (χ4n) is 4.24. The molecule has 1 aromatic rings. The van der Waals surface area contributed by atoms with Crippen LogP contribution in [0.4, 0.5) is 10.1 Å². The number of nitrogens with one attached hydrogen (secondary N) is 1. The summed E-state index contributed by atoms with van der Waals surface area (Å²) in [6.45, 7) is 0.422. The summed E-state index contributed by atoms with van der Waals surface area (Å²) in [4.78, 5) is 65.4. The number of hydrogen-bond acceptors (Lipinski definition) is 8. The molecule has 1 unspecified atom stereocenters. The largest absolute Gasteiger partial charge is 0.389 e. The third kappa shape index (κ3) is 4.87. The van der Waals surface area contributed by atoms with Gasteiger partial charge in [0.1, 0.15) is 5.82 Å². The van der Waals surface area contributed by atoms with Crippen molar-refractivity contribution in [1.82, 2.24) is 10.4 Å². The molecule has 4 amide bonds. The zero-order chi connectivity index (χ0) is 24.7. The van der Waals surface area contributed by atoms with Gasteiger partial charge in [-0.1, -0.05) is 6.07 Å². The normalized spacial score (nSPS) is 25.7. The van der Waals surface area contributed by atoms with E-state index < -0.39 is 53.3 Å². The van der Waals surface area contributed by atoms with Crippen molar-refractivity contribution in [1.29, 1.82) is 0 Å². The van der Waals surface area contributed by atoms with Crippen LogP contribution in [0.15, 0.2) is 18.2 Å². The molecule has 0 bridgehead atoms. The number of imide groups is 2. The second-order valence-corrected chi connectivity index (χ2v) is 8.46. The third-order valence-electron chi connectivity index (χ3n) is 6.13. The van der Waals surface area contributed by atoms with E-state index in [1.807, 2.05) is 0 Å². The minimum absolute atomic E-state index is 0.00810. The minimum atomic E-state index is -1.76. The van der Waals surface area contributed by atoms with E-state index >= 15 is 0 Å². The van der Waals surface area contributed by atoms with E-state index in [9.17, 15) is 33.5 Å². The highest BCUT2D eigenvalue weighted by molar-refractivity contribution is 6.02. The Bertz CT molecular complexity index is 1060. The molecule has 10 nitrogen and oxygen atoms in total. The maximum absolute atomic E-state index is 14.9. The molecule has 0 spiro atoms. The average molecular weight is 462 g/mol. The maximum atomic E-state index is 14.9. The number of carbonyl (C=O) groups is 5. The van der Waals surface area contributed by atoms with Crippen LogP contribution in [0.1, 0.15) is 57.8 Å². The van der Waals surface area contributed by atoms with Crippen molar-refractivity contribution in [2.24, 2.45) is 0 Å². The predicted octanol–water partition coefficient (Wildman–Crippen LogP) is 0.674. The van der Waals surface area contributed by atoms with E-state index in [0.29, 0.717) is 5.06 Å². The summed E-state index contributed by atoms with van der Waals surface area (Å²) >= 11 is 0. The maximum Gasteiger partial charge on any atom is 0.336 e. The Morgan fingerprint density at radius 1 is 1.18 bits per heavy atom. The molecule has 0 aliphatic carbocycles. The molecule has 4 rings (SSSR count). The molecule has 2 N–H and O–H groups in total. The molecule has 1 aromatic carbocycles. The lowest BCUT2D eigenvalue weighted by Crippen LogP contribution is -2.46. The van der Waals surface area contributed by atoms with Gasteiger partial charge in [-0.15, -0.1) is 5.06 Å². The van der Waals surface area contributed by atoms with Crippen LogP contribution < -0.4 is 10.2 Å². The number of benzene rings is 1. The van der Waals surface area contributed by atoms with E-state index in [2.05, 4.69) is 5.32 Å². The smallest absolute Gasteiger partial charge is 0.336 e. The van der Waals surface area contributed by atoms with Crippen molar-refractivity contribution in [2.45, 2.75) is 56.4 Å². The number of halogens is 1. The minimum Gasteiger partial charge on any atom is -0.389 e. The van der Waals surface area contributed by atoms with Crippen molar-refractivity contribution >= 4 is 35.3 Å². The standard InChI is InChI=1S/C22H24FN3O7/c23-15-11-13(14-2-4-17(27)24-21(14)31)1-3-16(15)25-9-7-22(32,8-10-25)12-20(30)33-26-18(28)5-6-19(26)29/h1,3,11,14,32H,2,4-10,12H2,(H,24,27,31)/i14D. The van der Waals surface area contributed by atoms with Crippen molar-refractivity contribution in [3.8, 4) is 0 Å². The highest BCUT2D eigenvalue weighted by Gasteiger charge is 2.39. The second-order valence-electron chi connectivity index (χ2n) is 8.46. The van der Waals surface area contributed by atoms with Crippen LogP contribution in [-0.4, -0.2) is 58.5 Å². The van der Waals surface area contributed by atoms with Gasteiger partial charge in [0.05, 0.1) is 23.6 Å². The average Bonchev–Trinajstić information content (AvgIpc) is 3.09. The summed E-state index contributed by atoms with van der Waals surface area (Å²) in [5.74, 6) is -5.77. The monoisotopic (exact) mass is 462 g/mol. The molecule has 3 heterocycles. The van der Waals surface area contributed by atoms with E-state index in [0.717, 1.165) is 6.07 Å². The molecule has 0 aromatic heterocycles. The first-order valence-corrected chi connectivity index (χ1v) is 10.7. The number of nitrogens with zero attached hydrogens (tertiary/aromatic N) is 2. The molecular weight excluding hydrogens is 437 g/mol. The summed E-state index contributed by atoms with van der Waals surface area (Å²) in [5, 5.41) is 13.3. The van der Waals surface area contributed by atoms with Crippen LogP contribution in [0, 0.1) is 5.82 Å². The van der Waals surface area contributed by atoms with Gasteiger partial charge in [-0.2, -0.15) is 0 Å². The number of piperidine rings is 2. The Morgan fingerprint density at radius 2 is 1.85 bits per heavy atom. The lowest BCUT2D eigenvalue weighted by Gasteiger charge is -2.39. The Hall–Kier alpha value is -3.34. The highest BCUT2D eigenvalue weighted by atomic mass is 19.1. The van der Waals surface area contributed by atoms with Gasteiger partial charge in [0.25, 0.3) is 11.8 Å². The lowest BCUT2D eigenvalue weighted by molar-refractivity contribution is -0.200. The molecule has 11 heteroatoms. The Morgan fingerprint density at radius 3 is 2.45 bits per heavy atom. The SMILES string of the molecule is [2H]C1(c2ccc(N3CCC(O)(CC(=O)ON4C(=O)CCC4=O)CC3)c(F)c2)CCC(=O)NC1=O. The third-order valence-corrected chi connectivity index (χ3v) is 6.13. The molecule has 176 valence electrons. The van der Waals surface area contributed by atoms with E-state index in [1.54, 1.807) is 4.90 Å². The number of aliphatic hydroxyl groups is 1. The molecule has 3 saturated heterocycles. The first-order chi connectivity index (χ1) is 16.0. The molecular formula is C22H24FN3O7. The summed E-state index contributed by atoms with van der Waals surface area (Å²) in [5.41, 5.74) is -1.08. The number of carbonyl (C=O) groups excluding carboxylic acids is 5. The van der Waals surface area contributed by atoms with Crippen LogP contribution in [0.2, 0.25) is 0 Å². The van der Waals surface area contributed by atoms with Crippen LogP contribution in [0.5, 0.6) is 0 Å². The van der Waals surface area contributed by atoms with Gasteiger partial charge in [-0.25, -0.2) is 9.18 Å². The van der Waals surface area contributed by atoms with Crippen LogP contribution >= 0.6 is 0 Å². The van der Waals surface area contributed by atoms with E-state index in [-0.39, 0.29) is 62.9 Å². The number of amides is 4. The van der Waals surface area contributed by atoms with Crippen molar-refractivity contribution in [2.75, 3.05) is 18.0 Å². The van der Waals surface area contributed by atoms with Gasteiger partial charge in [-0.3, -0.25) is 24.5 Å².